The molecular formula is C47H42N4S. The van der Waals surface area contributed by atoms with Crippen molar-refractivity contribution in [2.45, 2.75) is 32.1 Å². The van der Waals surface area contributed by atoms with Gasteiger partial charge in [0.25, 0.3) is 0 Å². The molecule has 6 aromatic rings. The van der Waals surface area contributed by atoms with Crippen molar-refractivity contribution < 1.29 is 0 Å². The lowest BCUT2D eigenvalue weighted by Crippen LogP contribution is -2.37. The first-order valence-corrected chi connectivity index (χ1v) is 19.2. The number of benzene rings is 5. The average Bonchev–Trinajstić information content (AvgIpc) is 3.75. The predicted molar refractivity (Wildman–Crippen MR) is 221 cm³/mol. The minimum Gasteiger partial charge on any atom is -0.351 e. The van der Waals surface area contributed by atoms with Crippen LogP contribution in [0.25, 0.3) is 25.7 Å². The number of nitrogens with zero attached hydrogens (tertiary/aromatic N) is 2. The van der Waals surface area contributed by atoms with Gasteiger partial charge >= 0.3 is 0 Å². The van der Waals surface area contributed by atoms with Crippen LogP contribution in [0.3, 0.4) is 0 Å². The largest absolute Gasteiger partial charge is 0.351 e. The molecule has 5 heteroatoms. The van der Waals surface area contributed by atoms with Crippen molar-refractivity contribution >= 4 is 48.6 Å². The second-order valence-electron chi connectivity index (χ2n) is 14.0. The first-order valence-electron chi connectivity index (χ1n) is 18.3. The Kier molecular flexibility index (Phi) is 8.67. The van der Waals surface area contributed by atoms with Crippen LogP contribution >= 0.6 is 11.3 Å². The second kappa shape index (κ2) is 13.9. The zero-order chi connectivity index (χ0) is 35.0. The zero-order valence-electron chi connectivity index (χ0n) is 29.5. The van der Waals surface area contributed by atoms with Gasteiger partial charge in [-0.25, -0.2) is 0 Å². The fourth-order valence-electron chi connectivity index (χ4n) is 8.21. The van der Waals surface area contributed by atoms with Gasteiger partial charge in [-0.1, -0.05) is 146 Å². The summed E-state index contributed by atoms with van der Waals surface area (Å²) in [4.78, 5) is 7.75. The molecule has 2 heterocycles. The summed E-state index contributed by atoms with van der Waals surface area (Å²) in [5, 5.41) is 9.78. The number of amidine groups is 1. The summed E-state index contributed by atoms with van der Waals surface area (Å²) in [6, 6.07) is 45.8. The molecule has 4 unspecified atom stereocenters. The van der Waals surface area contributed by atoms with E-state index < -0.39 is 0 Å². The minimum absolute atomic E-state index is 0.0596. The SMILES string of the molecule is CNC(NC(=NCc1ccc(N2C3=C(C=CCC3C)C3C=C(c4cccc5c4sc4ccccc45)C=CC32)cc1)c1ccccc1)c1ccccc1. The maximum absolute atomic E-state index is 5.14. The van der Waals surface area contributed by atoms with E-state index in [4.69, 9.17) is 4.99 Å². The number of hydrogen-bond acceptors (Lipinski definition) is 4. The number of rotatable bonds is 8. The Morgan fingerprint density at radius 3 is 2.38 bits per heavy atom. The molecule has 0 amide bonds. The van der Waals surface area contributed by atoms with Crippen LogP contribution in [0.5, 0.6) is 0 Å². The van der Waals surface area contributed by atoms with Gasteiger partial charge in [0, 0.05) is 49.0 Å². The molecule has 0 radical (unpaired) electrons. The van der Waals surface area contributed by atoms with Gasteiger partial charge in [0.05, 0.1) is 12.6 Å². The molecule has 2 N–H and O–H groups in total. The lowest BCUT2D eigenvalue weighted by atomic mass is 9.83. The summed E-state index contributed by atoms with van der Waals surface area (Å²) in [5.74, 6) is 1.62. The smallest absolute Gasteiger partial charge is 0.130 e. The van der Waals surface area contributed by atoms with Crippen LogP contribution in [-0.2, 0) is 6.54 Å². The molecule has 0 fully saturated rings. The number of allylic oxidation sites excluding steroid dienone is 5. The summed E-state index contributed by atoms with van der Waals surface area (Å²) >= 11 is 1.91. The van der Waals surface area contributed by atoms with Crippen LogP contribution < -0.4 is 15.5 Å². The molecule has 0 spiro atoms. The number of nitrogens with one attached hydrogen (secondary N) is 2. The standard InChI is InChI=1S/C47H42N4S/c1-31-13-11-20-39-41-29-35(37-19-12-21-40-38-18-9-10-22-43(38)52-45(37)40)25-28-42(41)51(44(31)39)36-26-23-32(24-27-36)30-49-47(34-16-7-4-8-17-34)50-46(48-2)33-14-5-3-6-15-33/h3-12,14-29,31,41-42,46,48H,13,30H2,1-2H3,(H,49,50). The highest BCUT2D eigenvalue weighted by Crippen LogP contribution is 2.49. The van der Waals surface area contributed by atoms with Gasteiger partial charge in [-0.2, -0.15) is 0 Å². The Morgan fingerprint density at radius 1 is 0.827 bits per heavy atom. The van der Waals surface area contributed by atoms with E-state index in [-0.39, 0.29) is 12.2 Å². The van der Waals surface area contributed by atoms with Gasteiger partial charge in [-0.15, -0.1) is 11.3 Å². The molecule has 0 saturated carbocycles. The molecule has 1 aromatic heterocycles. The van der Waals surface area contributed by atoms with Gasteiger partial charge in [0.2, 0.25) is 0 Å². The number of hydrogen-bond donors (Lipinski definition) is 2. The topological polar surface area (TPSA) is 39.7 Å². The van der Waals surface area contributed by atoms with E-state index in [1.165, 1.54) is 59.4 Å². The van der Waals surface area contributed by atoms with E-state index >= 15 is 0 Å². The van der Waals surface area contributed by atoms with Crippen LogP contribution in [0.15, 0.2) is 174 Å². The molecule has 2 aliphatic carbocycles. The first kappa shape index (κ1) is 32.4. The lowest BCUT2D eigenvalue weighted by molar-refractivity contribution is 0.559. The van der Waals surface area contributed by atoms with Crippen LogP contribution in [0, 0.1) is 11.8 Å². The maximum Gasteiger partial charge on any atom is 0.130 e. The van der Waals surface area contributed by atoms with Gasteiger partial charge in [-0.3, -0.25) is 10.3 Å². The number of anilines is 1. The van der Waals surface area contributed by atoms with E-state index in [1.54, 1.807) is 0 Å². The third-order valence-corrected chi connectivity index (χ3v) is 12.0. The van der Waals surface area contributed by atoms with Gasteiger partial charge < -0.3 is 10.2 Å². The molecule has 52 heavy (non-hydrogen) atoms. The molecule has 256 valence electrons. The van der Waals surface area contributed by atoms with Gasteiger partial charge in [0.15, 0.2) is 0 Å². The molecule has 9 rings (SSSR count). The zero-order valence-corrected chi connectivity index (χ0v) is 30.4. The Balaban J connectivity index is 1.01. The number of thiophene rings is 1. The van der Waals surface area contributed by atoms with Crippen molar-refractivity contribution in [3.63, 3.8) is 0 Å². The van der Waals surface area contributed by atoms with E-state index in [0.717, 1.165) is 17.8 Å². The lowest BCUT2D eigenvalue weighted by Gasteiger charge is -2.33. The molecule has 4 atom stereocenters. The van der Waals surface area contributed by atoms with E-state index in [1.807, 2.05) is 30.5 Å². The van der Waals surface area contributed by atoms with Crippen LogP contribution in [0.2, 0.25) is 0 Å². The molecule has 0 bridgehead atoms. The predicted octanol–water partition coefficient (Wildman–Crippen LogP) is 10.8. The van der Waals surface area contributed by atoms with E-state index in [2.05, 4.69) is 168 Å². The first-order chi connectivity index (χ1) is 25.7. The molecule has 5 aromatic carbocycles. The number of fused-ring (bicyclic) bond motifs is 5. The monoisotopic (exact) mass is 694 g/mol. The second-order valence-corrected chi connectivity index (χ2v) is 15.1. The van der Waals surface area contributed by atoms with Crippen molar-refractivity contribution in [1.29, 1.82) is 0 Å². The average molecular weight is 695 g/mol. The highest BCUT2D eigenvalue weighted by atomic mass is 32.1. The highest BCUT2D eigenvalue weighted by molar-refractivity contribution is 7.26. The van der Waals surface area contributed by atoms with Crippen molar-refractivity contribution in [1.82, 2.24) is 10.6 Å². The van der Waals surface area contributed by atoms with Crippen molar-refractivity contribution in [3.8, 4) is 0 Å². The molecule has 0 saturated heterocycles. The molecule has 4 nitrogen and oxygen atoms in total. The molecular weight excluding hydrogens is 653 g/mol. The quantitative estimate of drug-likeness (QED) is 0.0946. The van der Waals surface area contributed by atoms with Crippen molar-refractivity contribution in [2.75, 3.05) is 11.9 Å². The van der Waals surface area contributed by atoms with E-state index in [9.17, 15) is 0 Å². The Hall–Kier alpha value is -5.49. The fourth-order valence-corrected chi connectivity index (χ4v) is 9.45. The van der Waals surface area contributed by atoms with E-state index in [0.29, 0.717) is 18.4 Å². The minimum atomic E-state index is -0.0596. The van der Waals surface area contributed by atoms with Crippen LogP contribution in [0.4, 0.5) is 5.69 Å². The summed E-state index contributed by atoms with van der Waals surface area (Å²) in [5.41, 5.74) is 10.2. The normalized spacial score (nSPS) is 20.3. The van der Waals surface area contributed by atoms with Gasteiger partial charge in [0.1, 0.15) is 12.0 Å². The molecule has 3 aliphatic rings. The third kappa shape index (κ3) is 5.90. The summed E-state index contributed by atoms with van der Waals surface area (Å²) in [6.07, 6.45) is 13.1. The molecule has 1 aliphatic heterocycles. The maximum atomic E-state index is 5.14. The Bertz CT molecular complexity index is 2400. The summed E-state index contributed by atoms with van der Waals surface area (Å²) in [6.45, 7) is 2.96. The Morgan fingerprint density at radius 2 is 1.58 bits per heavy atom. The third-order valence-electron chi connectivity index (χ3n) is 10.8. The Labute approximate surface area is 310 Å². The summed E-state index contributed by atoms with van der Waals surface area (Å²) < 4.78 is 2.72. The van der Waals surface area contributed by atoms with Crippen LogP contribution in [-0.4, -0.2) is 18.9 Å². The highest BCUT2D eigenvalue weighted by Gasteiger charge is 2.42. The van der Waals surface area contributed by atoms with Crippen molar-refractivity contribution in [2.24, 2.45) is 16.8 Å². The van der Waals surface area contributed by atoms with Crippen LogP contribution in [0.1, 0.15) is 41.8 Å². The number of aliphatic imine (C=N–C) groups is 1. The summed E-state index contributed by atoms with van der Waals surface area (Å²) in [7, 11) is 1.97. The van der Waals surface area contributed by atoms with Gasteiger partial charge in [-0.05, 0) is 59.5 Å². The fraction of sp³-hybridized carbons (Fsp3) is 0.170. The van der Waals surface area contributed by atoms with Crippen molar-refractivity contribution in [3.05, 3.63) is 191 Å².